The number of aliphatic carboxylic acids is 1. The number of fused-ring (bicyclic) bond motifs is 7. The molecule has 23 atom stereocenters. The van der Waals surface area contributed by atoms with Gasteiger partial charge in [-0.2, -0.15) is 0 Å². The van der Waals surface area contributed by atoms with Crippen LogP contribution in [0, 0.1) is 50.2 Å². The third kappa shape index (κ3) is 7.73. The lowest BCUT2D eigenvalue weighted by atomic mass is 9.33. The minimum absolute atomic E-state index is 0.0965. The van der Waals surface area contributed by atoms with Crippen molar-refractivity contribution < 1.29 is 94.2 Å². The Balaban J connectivity index is 1.04. The molecule has 0 aromatic rings. The van der Waals surface area contributed by atoms with Crippen LogP contribution in [0.25, 0.3) is 0 Å². The second-order valence-corrected chi connectivity index (χ2v) is 22.9. The van der Waals surface area contributed by atoms with E-state index in [1.165, 1.54) is 5.57 Å². The van der Waals surface area contributed by atoms with Gasteiger partial charge in [-0.05, 0) is 104 Å². The molecule has 3 saturated heterocycles. The Morgan fingerprint density at radius 1 is 0.712 bits per heavy atom. The van der Waals surface area contributed by atoms with Gasteiger partial charge in [-0.25, -0.2) is 4.79 Å². The fourth-order valence-electron chi connectivity index (χ4n) is 14.8. The van der Waals surface area contributed by atoms with Crippen LogP contribution in [0.5, 0.6) is 0 Å². The van der Waals surface area contributed by atoms with Gasteiger partial charge in [0.1, 0.15) is 61.0 Å². The summed E-state index contributed by atoms with van der Waals surface area (Å²) in [5.74, 6) is -2.26. The van der Waals surface area contributed by atoms with Crippen molar-refractivity contribution in [2.75, 3.05) is 19.8 Å². The Hall–Kier alpha value is -1.92. The average molecular weight is 943 g/mol. The molecule has 66 heavy (non-hydrogen) atoms. The van der Waals surface area contributed by atoms with Gasteiger partial charge in [0.2, 0.25) is 6.29 Å². The Morgan fingerprint density at radius 2 is 1.39 bits per heavy atom. The van der Waals surface area contributed by atoms with Crippen molar-refractivity contribution in [1.29, 1.82) is 0 Å². The number of carbonyl (C=O) groups excluding carboxylic acids is 1. The average Bonchev–Trinajstić information content (AvgIpc) is 3.26. The van der Waals surface area contributed by atoms with Crippen molar-refractivity contribution in [3.63, 3.8) is 0 Å². The van der Waals surface area contributed by atoms with E-state index in [-0.39, 0.29) is 46.0 Å². The van der Waals surface area contributed by atoms with Crippen LogP contribution in [0.2, 0.25) is 0 Å². The molecule has 5 aliphatic carbocycles. The zero-order valence-corrected chi connectivity index (χ0v) is 38.8. The van der Waals surface area contributed by atoms with Crippen LogP contribution in [0.1, 0.15) is 106 Å². The lowest BCUT2D eigenvalue weighted by molar-refractivity contribution is -0.358. The van der Waals surface area contributed by atoms with E-state index >= 15 is 0 Å². The fourth-order valence-corrected chi connectivity index (χ4v) is 14.8. The monoisotopic (exact) mass is 942 g/mol. The number of esters is 1. The molecule has 3 aliphatic heterocycles. The molecule has 8 rings (SSSR count). The summed E-state index contributed by atoms with van der Waals surface area (Å²) in [7, 11) is 0. The molecule has 7 fully saturated rings. The first-order valence-electron chi connectivity index (χ1n) is 23.9. The van der Waals surface area contributed by atoms with E-state index in [0.717, 1.165) is 19.3 Å². The van der Waals surface area contributed by atoms with Crippen LogP contribution in [-0.4, -0.2) is 180 Å². The summed E-state index contributed by atoms with van der Waals surface area (Å²) in [6, 6.07) is 0. The van der Waals surface area contributed by atoms with Crippen LogP contribution < -0.4 is 0 Å². The minimum Gasteiger partial charge on any atom is -0.479 e. The van der Waals surface area contributed by atoms with Gasteiger partial charge in [-0.15, -0.1) is 0 Å². The van der Waals surface area contributed by atoms with E-state index in [1.54, 1.807) is 0 Å². The molecule has 0 aromatic carbocycles. The zero-order valence-electron chi connectivity index (χ0n) is 38.8. The minimum atomic E-state index is -1.95. The largest absolute Gasteiger partial charge is 0.479 e. The molecule has 19 heteroatoms. The van der Waals surface area contributed by atoms with Crippen molar-refractivity contribution in [2.24, 2.45) is 50.2 Å². The molecule has 8 aliphatic rings. The van der Waals surface area contributed by atoms with Gasteiger partial charge in [0, 0.05) is 5.41 Å². The number of aliphatic hydroxyl groups excluding tert-OH is 10. The second kappa shape index (κ2) is 17.7. The van der Waals surface area contributed by atoms with Crippen LogP contribution in [0.3, 0.4) is 0 Å². The third-order valence-corrected chi connectivity index (χ3v) is 19.0. The highest BCUT2D eigenvalue weighted by atomic mass is 16.7. The summed E-state index contributed by atoms with van der Waals surface area (Å²) in [5.41, 5.74) is -1.66. The summed E-state index contributed by atoms with van der Waals surface area (Å²) in [5, 5.41) is 116. The topological polar surface area (TPSA) is 312 Å². The Morgan fingerprint density at radius 3 is 2.06 bits per heavy atom. The molecule has 11 N–H and O–H groups in total. The number of carbonyl (C=O) groups is 2. The van der Waals surface area contributed by atoms with Gasteiger partial charge in [0.15, 0.2) is 18.7 Å². The predicted octanol–water partition coefficient (Wildman–Crippen LogP) is -0.156. The Kier molecular flexibility index (Phi) is 13.6. The van der Waals surface area contributed by atoms with Crippen molar-refractivity contribution in [1.82, 2.24) is 0 Å². The highest BCUT2D eigenvalue weighted by molar-refractivity contribution is 5.79. The highest BCUT2D eigenvalue weighted by Crippen LogP contribution is 2.76. The first-order chi connectivity index (χ1) is 30.8. The lowest BCUT2D eigenvalue weighted by Crippen LogP contribution is -2.67. The first kappa shape index (κ1) is 50.5. The van der Waals surface area contributed by atoms with E-state index in [0.29, 0.717) is 44.9 Å². The van der Waals surface area contributed by atoms with Gasteiger partial charge < -0.3 is 84.6 Å². The molecule has 3 heterocycles. The van der Waals surface area contributed by atoms with Crippen LogP contribution in [0.4, 0.5) is 0 Å². The molecule has 4 saturated carbocycles. The molecule has 0 radical (unpaired) electrons. The highest BCUT2D eigenvalue weighted by Gasteiger charge is 2.70. The summed E-state index contributed by atoms with van der Waals surface area (Å²) in [4.78, 5) is 27.0. The van der Waals surface area contributed by atoms with Gasteiger partial charge >= 0.3 is 11.9 Å². The van der Waals surface area contributed by atoms with Crippen molar-refractivity contribution in [3.8, 4) is 0 Å². The van der Waals surface area contributed by atoms with Gasteiger partial charge in [0.25, 0.3) is 0 Å². The summed E-state index contributed by atoms with van der Waals surface area (Å²) >= 11 is 0. The Bertz CT molecular complexity index is 1850. The number of hydrogen-bond acceptors (Lipinski definition) is 18. The maximum absolute atomic E-state index is 14.7. The summed E-state index contributed by atoms with van der Waals surface area (Å²) in [6.07, 6.45) is -15.3. The Labute approximate surface area is 385 Å². The van der Waals surface area contributed by atoms with E-state index in [2.05, 4.69) is 40.7 Å². The molecular weight excluding hydrogens is 868 g/mol. The van der Waals surface area contributed by atoms with Crippen molar-refractivity contribution in [3.05, 3.63) is 11.6 Å². The molecule has 0 spiro atoms. The quantitative estimate of drug-likeness (QED) is 0.0813. The van der Waals surface area contributed by atoms with Gasteiger partial charge in [-0.1, -0.05) is 53.2 Å². The van der Waals surface area contributed by atoms with E-state index in [9.17, 15) is 65.8 Å². The van der Waals surface area contributed by atoms with Crippen LogP contribution >= 0.6 is 0 Å². The maximum atomic E-state index is 14.7. The molecule has 19 nitrogen and oxygen atoms in total. The number of hydrogen-bond donors (Lipinski definition) is 11. The zero-order chi connectivity index (χ0) is 48.3. The summed E-state index contributed by atoms with van der Waals surface area (Å²) in [6.45, 7) is 12.0. The first-order valence-corrected chi connectivity index (χ1v) is 23.9. The van der Waals surface area contributed by atoms with E-state index in [4.69, 9.17) is 28.4 Å². The molecule has 376 valence electrons. The molecule has 0 bridgehead atoms. The number of rotatable bonds is 9. The molecule has 0 amide bonds. The van der Waals surface area contributed by atoms with Crippen molar-refractivity contribution in [2.45, 2.75) is 198 Å². The standard InChI is InChI=1S/C47H74O19/c1-42(2)13-15-47(41(60)66-39-32(55)30(53)29(52)24(18-48)62-39)16-14-45(5)21(22(47)17-42)7-8-26-43(3)11-10-27(44(4,20-49)25(43)9-12-46(26,45)6)63-40-34(57)35(33(56)36(65-40)37(58)59)64-38-31(54)28(51)23(50)19-61-38/h7,22-36,38-40,48-57H,8-20H2,1-6H3,(H,58,59). The van der Waals surface area contributed by atoms with E-state index < -0.39 is 128 Å². The molecule has 0 aromatic heterocycles. The lowest BCUT2D eigenvalue weighted by Gasteiger charge is -2.71. The van der Waals surface area contributed by atoms with Crippen LogP contribution in [-0.2, 0) is 38.0 Å². The predicted molar refractivity (Wildman–Crippen MR) is 226 cm³/mol. The SMILES string of the molecule is CC1(C)CCC2(C(=O)OC3OC(CO)C(O)C(O)C3O)CCC3(C)C(=CCC4C5(C)CCC(OC6OC(C(=O)O)C(O)C(OC7OCC(O)C(O)C7O)C6O)C(C)(CO)C5CCC43C)C2C1. The normalized spacial score (nSPS) is 53.5. The smallest absolute Gasteiger partial charge is 0.335 e. The maximum Gasteiger partial charge on any atom is 0.335 e. The van der Waals surface area contributed by atoms with Gasteiger partial charge in [-0.3, -0.25) is 4.79 Å². The third-order valence-electron chi connectivity index (χ3n) is 19.0. The number of carboxylic acid groups (broad SMARTS) is 1. The number of allylic oxidation sites excluding steroid dienone is 2. The summed E-state index contributed by atoms with van der Waals surface area (Å²) < 4.78 is 34.9. The number of ether oxygens (including phenoxy) is 6. The number of aliphatic hydroxyl groups is 10. The second-order valence-electron chi connectivity index (χ2n) is 22.9. The molecular formula is C47H74O19. The van der Waals surface area contributed by atoms with Gasteiger partial charge in [0.05, 0.1) is 31.3 Å². The number of carboxylic acids is 1. The molecule has 23 unspecified atom stereocenters. The van der Waals surface area contributed by atoms with Crippen molar-refractivity contribution >= 4 is 11.9 Å². The fraction of sp³-hybridized carbons (Fsp3) is 0.915. The van der Waals surface area contributed by atoms with Crippen LogP contribution in [0.15, 0.2) is 11.6 Å². The van der Waals surface area contributed by atoms with E-state index in [1.807, 2.05) is 6.92 Å².